The summed E-state index contributed by atoms with van der Waals surface area (Å²) in [5.41, 5.74) is 0.555. The molecule has 0 saturated heterocycles. The first-order valence-corrected chi connectivity index (χ1v) is 8.18. The molecule has 1 N–H and O–H groups in total. The summed E-state index contributed by atoms with van der Waals surface area (Å²) in [5.74, 6) is 0. The lowest BCUT2D eigenvalue weighted by Crippen LogP contribution is -2.26. The van der Waals surface area contributed by atoms with Gasteiger partial charge in [0.25, 0.3) is 5.69 Å². The molecule has 0 fully saturated rings. The van der Waals surface area contributed by atoms with Gasteiger partial charge in [-0.2, -0.15) is 0 Å². The van der Waals surface area contributed by atoms with Gasteiger partial charge in [-0.25, -0.2) is 13.1 Å². The maximum atomic E-state index is 12.3. The first kappa shape index (κ1) is 16.4. The Hall–Kier alpha value is -1.96. The van der Waals surface area contributed by atoms with E-state index in [1.54, 1.807) is 31.2 Å². The molecule has 2 aromatic rings. The van der Waals surface area contributed by atoms with Gasteiger partial charge in [0, 0.05) is 23.2 Å². The van der Waals surface area contributed by atoms with Crippen LogP contribution < -0.4 is 4.72 Å². The van der Waals surface area contributed by atoms with Crippen LogP contribution in [0.4, 0.5) is 5.69 Å². The number of hydrogen-bond acceptors (Lipinski definition) is 4. The summed E-state index contributed by atoms with van der Waals surface area (Å²) in [6, 6.07) is 11.1. The normalized spacial score (nSPS) is 12.8. The van der Waals surface area contributed by atoms with E-state index in [4.69, 9.17) is 11.6 Å². The van der Waals surface area contributed by atoms with Crippen LogP contribution in [0.1, 0.15) is 18.5 Å². The molecule has 6 nitrogen and oxygen atoms in total. The van der Waals surface area contributed by atoms with Gasteiger partial charge in [0.1, 0.15) is 0 Å². The second-order valence-corrected chi connectivity index (χ2v) is 6.80. The third kappa shape index (κ3) is 3.82. The highest BCUT2D eigenvalue weighted by atomic mass is 35.5. The highest BCUT2D eigenvalue weighted by Gasteiger charge is 2.19. The van der Waals surface area contributed by atoms with Crippen LogP contribution in [0.5, 0.6) is 0 Å². The molecule has 0 aromatic heterocycles. The Labute approximate surface area is 132 Å². The van der Waals surface area contributed by atoms with Crippen LogP contribution in [-0.2, 0) is 10.0 Å². The number of benzene rings is 2. The van der Waals surface area contributed by atoms with E-state index in [1.165, 1.54) is 12.1 Å². The summed E-state index contributed by atoms with van der Waals surface area (Å²) in [4.78, 5) is 9.96. The average Bonchev–Trinajstić information content (AvgIpc) is 2.47. The number of hydrogen-bond donors (Lipinski definition) is 1. The molecule has 0 aliphatic carbocycles. The largest absolute Gasteiger partial charge is 0.269 e. The number of sulfonamides is 1. The maximum absolute atomic E-state index is 12.3. The Kier molecular flexibility index (Phi) is 4.80. The Morgan fingerprint density at radius 2 is 1.82 bits per heavy atom. The highest BCUT2D eigenvalue weighted by Crippen LogP contribution is 2.21. The third-order valence-electron chi connectivity index (χ3n) is 3.04. The molecule has 8 heteroatoms. The second kappa shape index (κ2) is 6.43. The van der Waals surface area contributed by atoms with E-state index < -0.39 is 21.0 Å². The van der Waals surface area contributed by atoms with Crippen molar-refractivity contribution in [2.75, 3.05) is 0 Å². The fourth-order valence-corrected chi connectivity index (χ4v) is 3.32. The summed E-state index contributed by atoms with van der Waals surface area (Å²) in [6.45, 7) is 1.69. The van der Waals surface area contributed by atoms with Gasteiger partial charge in [-0.05, 0) is 36.8 Å². The summed E-state index contributed by atoms with van der Waals surface area (Å²) in [7, 11) is -3.78. The van der Waals surface area contributed by atoms with Gasteiger partial charge in [0.2, 0.25) is 10.0 Å². The Morgan fingerprint density at radius 3 is 2.36 bits per heavy atom. The number of nitro benzene ring substituents is 1. The van der Waals surface area contributed by atoms with Gasteiger partial charge in [0.15, 0.2) is 0 Å². The molecular weight excluding hydrogens is 328 g/mol. The van der Waals surface area contributed by atoms with Crippen molar-refractivity contribution in [1.29, 1.82) is 0 Å². The zero-order chi connectivity index (χ0) is 16.3. The molecule has 1 atom stereocenters. The van der Waals surface area contributed by atoms with Crippen LogP contribution in [0.25, 0.3) is 0 Å². The molecule has 2 rings (SSSR count). The zero-order valence-electron chi connectivity index (χ0n) is 11.6. The van der Waals surface area contributed by atoms with Crippen molar-refractivity contribution in [3.63, 3.8) is 0 Å². The van der Waals surface area contributed by atoms with E-state index in [0.717, 1.165) is 17.7 Å². The van der Waals surface area contributed by atoms with E-state index in [0.29, 0.717) is 5.02 Å². The molecule has 22 heavy (non-hydrogen) atoms. The lowest BCUT2D eigenvalue weighted by Gasteiger charge is -2.15. The fourth-order valence-electron chi connectivity index (χ4n) is 1.89. The first-order chi connectivity index (χ1) is 10.3. The summed E-state index contributed by atoms with van der Waals surface area (Å²) in [6.07, 6.45) is 0. The maximum Gasteiger partial charge on any atom is 0.269 e. The molecule has 116 valence electrons. The molecule has 0 aliphatic rings. The number of nitro groups is 1. The second-order valence-electron chi connectivity index (χ2n) is 4.65. The monoisotopic (exact) mass is 340 g/mol. The minimum Gasteiger partial charge on any atom is -0.258 e. The Bertz CT molecular complexity index is 791. The average molecular weight is 341 g/mol. The standard InChI is InChI=1S/C14H13ClN2O4S/c1-10(11-3-2-4-12(15)9-11)16-22(20,21)14-7-5-13(6-8-14)17(18)19/h2-10,16H,1H3/t10-/m1/s1. The first-order valence-electron chi connectivity index (χ1n) is 6.32. The van der Waals surface area contributed by atoms with Crippen molar-refractivity contribution >= 4 is 27.3 Å². The van der Waals surface area contributed by atoms with Crippen molar-refractivity contribution < 1.29 is 13.3 Å². The number of non-ortho nitro benzene ring substituents is 1. The quantitative estimate of drug-likeness (QED) is 0.668. The summed E-state index contributed by atoms with van der Waals surface area (Å²) >= 11 is 5.88. The number of nitrogens with one attached hydrogen (secondary N) is 1. The molecule has 0 spiro atoms. The molecule has 2 aromatic carbocycles. The van der Waals surface area contributed by atoms with E-state index in [2.05, 4.69) is 4.72 Å². The topological polar surface area (TPSA) is 89.3 Å². The Morgan fingerprint density at radius 1 is 1.18 bits per heavy atom. The van der Waals surface area contributed by atoms with Crippen LogP contribution in [0.3, 0.4) is 0 Å². The smallest absolute Gasteiger partial charge is 0.258 e. The predicted octanol–water partition coefficient (Wildman–Crippen LogP) is 3.29. The van der Waals surface area contributed by atoms with Gasteiger partial charge in [-0.1, -0.05) is 23.7 Å². The van der Waals surface area contributed by atoms with Crippen LogP contribution >= 0.6 is 11.6 Å². The van der Waals surface area contributed by atoms with E-state index in [1.807, 2.05) is 0 Å². The minimum absolute atomic E-state index is 0.0352. The van der Waals surface area contributed by atoms with Crippen molar-refractivity contribution in [2.24, 2.45) is 0 Å². The van der Waals surface area contributed by atoms with E-state index in [-0.39, 0.29) is 10.6 Å². The van der Waals surface area contributed by atoms with Crippen LogP contribution in [0.2, 0.25) is 5.02 Å². The zero-order valence-corrected chi connectivity index (χ0v) is 13.1. The van der Waals surface area contributed by atoms with E-state index in [9.17, 15) is 18.5 Å². The van der Waals surface area contributed by atoms with Gasteiger partial charge < -0.3 is 0 Å². The third-order valence-corrected chi connectivity index (χ3v) is 4.83. The van der Waals surface area contributed by atoms with Gasteiger partial charge in [-0.3, -0.25) is 10.1 Å². The van der Waals surface area contributed by atoms with Gasteiger partial charge in [0.05, 0.1) is 9.82 Å². The van der Waals surface area contributed by atoms with Crippen LogP contribution in [0, 0.1) is 10.1 Å². The summed E-state index contributed by atoms with van der Waals surface area (Å²) in [5, 5.41) is 11.1. The molecule has 0 bridgehead atoms. The fraction of sp³-hybridized carbons (Fsp3) is 0.143. The molecule has 0 saturated carbocycles. The van der Waals surface area contributed by atoms with Crippen molar-refractivity contribution in [3.8, 4) is 0 Å². The Balaban J connectivity index is 2.21. The van der Waals surface area contributed by atoms with Crippen LogP contribution in [-0.4, -0.2) is 13.3 Å². The molecule has 0 heterocycles. The lowest BCUT2D eigenvalue weighted by atomic mass is 10.1. The molecule has 0 aliphatic heterocycles. The number of halogens is 1. The minimum atomic E-state index is -3.78. The SMILES string of the molecule is C[C@@H](NS(=O)(=O)c1ccc([N+](=O)[O-])cc1)c1cccc(Cl)c1. The van der Waals surface area contributed by atoms with Gasteiger partial charge in [-0.15, -0.1) is 0 Å². The van der Waals surface area contributed by atoms with Crippen molar-refractivity contribution in [2.45, 2.75) is 17.9 Å². The van der Waals surface area contributed by atoms with Crippen LogP contribution in [0.15, 0.2) is 53.4 Å². The number of rotatable bonds is 5. The lowest BCUT2D eigenvalue weighted by molar-refractivity contribution is -0.384. The van der Waals surface area contributed by atoms with Gasteiger partial charge >= 0.3 is 0 Å². The number of nitrogens with zero attached hydrogens (tertiary/aromatic N) is 1. The van der Waals surface area contributed by atoms with Crippen molar-refractivity contribution in [3.05, 3.63) is 69.2 Å². The highest BCUT2D eigenvalue weighted by molar-refractivity contribution is 7.89. The predicted molar refractivity (Wildman–Crippen MR) is 83.3 cm³/mol. The molecular formula is C14H13ClN2O4S. The van der Waals surface area contributed by atoms with E-state index >= 15 is 0 Å². The van der Waals surface area contributed by atoms with Crippen molar-refractivity contribution in [1.82, 2.24) is 4.72 Å². The summed E-state index contributed by atoms with van der Waals surface area (Å²) < 4.78 is 27.0. The molecule has 0 amide bonds. The molecule has 0 radical (unpaired) electrons. The molecule has 0 unspecified atom stereocenters.